The summed E-state index contributed by atoms with van der Waals surface area (Å²) in [7, 11) is -2.61. The lowest BCUT2D eigenvalue weighted by Crippen LogP contribution is -2.12. The Morgan fingerprint density at radius 2 is 1.74 bits per heavy atom. The van der Waals surface area contributed by atoms with E-state index in [1.54, 1.807) is 0 Å². The molecule has 0 aromatic heterocycles. The molecule has 0 fully saturated rings. The number of hydrogen-bond donors (Lipinski definition) is 0. The summed E-state index contributed by atoms with van der Waals surface area (Å²) in [6.07, 6.45) is 1.40. The van der Waals surface area contributed by atoms with Crippen molar-refractivity contribution < 1.29 is 40.0 Å². The molecule has 1 aromatic carbocycles. The first kappa shape index (κ1) is 19.2. The van der Waals surface area contributed by atoms with Gasteiger partial charge in [0.15, 0.2) is 17.4 Å². The summed E-state index contributed by atoms with van der Waals surface area (Å²) >= 11 is 0. The topological polar surface area (TPSA) is 78.9 Å². The second-order valence-corrected chi connectivity index (χ2v) is 6.08. The zero-order valence-corrected chi connectivity index (χ0v) is 13.2. The van der Waals surface area contributed by atoms with Crippen LogP contribution >= 0.6 is 0 Å². The lowest BCUT2D eigenvalue weighted by molar-refractivity contribution is 0.0487. The molecule has 0 saturated carbocycles. The summed E-state index contributed by atoms with van der Waals surface area (Å²) in [5.74, 6) is -6.56. The molecule has 0 bridgehead atoms. The molecule has 130 valence electrons. The maximum absolute atomic E-state index is 13.8. The smallest absolute Gasteiger partial charge is 0.341 e. The maximum Gasteiger partial charge on any atom is 0.341 e. The molecule has 6 nitrogen and oxygen atoms in total. The fourth-order valence-electron chi connectivity index (χ4n) is 1.57. The van der Waals surface area contributed by atoms with Crippen LogP contribution in [-0.4, -0.2) is 41.0 Å². The minimum absolute atomic E-state index is 0.0935. The molecular formula is C13H15F3O6S. The summed E-state index contributed by atoms with van der Waals surface area (Å²) in [5, 5.41) is 0. The van der Waals surface area contributed by atoms with Gasteiger partial charge in [0.1, 0.15) is 5.56 Å². The van der Waals surface area contributed by atoms with E-state index in [9.17, 15) is 26.4 Å². The molecular weight excluding hydrogens is 341 g/mol. The Morgan fingerprint density at radius 1 is 1.13 bits per heavy atom. The largest absolute Gasteiger partial charge is 0.491 e. The Morgan fingerprint density at radius 3 is 2.30 bits per heavy atom. The van der Waals surface area contributed by atoms with E-state index in [1.807, 2.05) is 0 Å². The number of hydrogen-bond acceptors (Lipinski definition) is 6. The molecule has 0 unspecified atom stereocenters. The van der Waals surface area contributed by atoms with Gasteiger partial charge >= 0.3 is 5.97 Å². The van der Waals surface area contributed by atoms with Crippen LogP contribution in [0, 0.1) is 17.5 Å². The van der Waals surface area contributed by atoms with Gasteiger partial charge < -0.3 is 9.47 Å². The van der Waals surface area contributed by atoms with Crippen LogP contribution in [0.4, 0.5) is 13.2 Å². The summed E-state index contributed by atoms with van der Waals surface area (Å²) in [5.41, 5.74) is -0.798. The molecule has 0 radical (unpaired) electrons. The Hall–Kier alpha value is -1.81. The highest BCUT2D eigenvalue weighted by atomic mass is 32.2. The molecule has 0 amide bonds. The van der Waals surface area contributed by atoms with Crippen molar-refractivity contribution in [3.05, 3.63) is 29.1 Å². The van der Waals surface area contributed by atoms with Crippen molar-refractivity contribution in [3.8, 4) is 5.75 Å². The van der Waals surface area contributed by atoms with Gasteiger partial charge in [-0.15, -0.1) is 0 Å². The Bertz CT molecular complexity index is 675. The summed E-state index contributed by atoms with van der Waals surface area (Å²) in [6, 6.07) is 0.377. The molecule has 0 spiro atoms. The highest BCUT2D eigenvalue weighted by Gasteiger charge is 2.24. The highest BCUT2D eigenvalue weighted by molar-refractivity contribution is 7.85. The van der Waals surface area contributed by atoms with E-state index in [0.717, 1.165) is 13.4 Å². The monoisotopic (exact) mass is 356 g/mol. The third-order valence-corrected chi connectivity index (χ3v) is 3.20. The van der Waals surface area contributed by atoms with E-state index in [1.165, 1.54) is 0 Å². The molecule has 0 aliphatic rings. The fourth-order valence-corrected chi connectivity index (χ4v) is 1.99. The summed E-state index contributed by atoms with van der Waals surface area (Å²) in [6.45, 7) is -0.267. The van der Waals surface area contributed by atoms with E-state index in [2.05, 4.69) is 8.92 Å². The first-order chi connectivity index (χ1) is 10.7. The van der Waals surface area contributed by atoms with Crippen LogP contribution in [0.3, 0.4) is 0 Å². The minimum Gasteiger partial charge on any atom is -0.491 e. The van der Waals surface area contributed by atoms with Crippen LogP contribution < -0.4 is 4.74 Å². The van der Waals surface area contributed by atoms with Crippen molar-refractivity contribution in [2.24, 2.45) is 0 Å². The van der Waals surface area contributed by atoms with Crippen molar-refractivity contribution in [3.63, 3.8) is 0 Å². The Kier molecular flexibility index (Phi) is 6.82. The van der Waals surface area contributed by atoms with Gasteiger partial charge in [-0.2, -0.15) is 12.8 Å². The Labute approximate surface area is 131 Å². The zero-order valence-electron chi connectivity index (χ0n) is 12.4. The van der Waals surface area contributed by atoms with Crippen LogP contribution in [0.5, 0.6) is 5.75 Å². The van der Waals surface area contributed by atoms with E-state index in [-0.39, 0.29) is 26.1 Å². The normalized spacial score (nSPS) is 11.3. The fraction of sp³-hybridized carbons (Fsp3) is 0.462. The summed E-state index contributed by atoms with van der Waals surface area (Å²) < 4.78 is 75.2. The van der Waals surface area contributed by atoms with Crippen LogP contribution in [-0.2, 0) is 19.0 Å². The zero-order chi connectivity index (χ0) is 17.6. The molecule has 23 heavy (non-hydrogen) atoms. The number of benzene rings is 1. The van der Waals surface area contributed by atoms with Gasteiger partial charge in [-0.25, -0.2) is 13.6 Å². The van der Waals surface area contributed by atoms with E-state index < -0.39 is 44.9 Å². The van der Waals surface area contributed by atoms with Crippen molar-refractivity contribution in [1.82, 2.24) is 0 Å². The first-order valence-corrected chi connectivity index (χ1v) is 8.22. The third-order valence-electron chi connectivity index (χ3n) is 2.61. The Balaban J connectivity index is 2.58. The van der Waals surface area contributed by atoms with Crippen molar-refractivity contribution in [1.29, 1.82) is 0 Å². The van der Waals surface area contributed by atoms with E-state index >= 15 is 0 Å². The predicted molar refractivity (Wildman–Crippen MR) is 73.2 cm³/mol. The number of methoxy groups -OCH3 is 1. The average molecular weight is 356 g/mol. The molecule has 0 N–H and O–H groups in total. The van der Waals surface area contributed by atoms with Crippen molar-refractivity contribution >= 4 is 16.1 Å². The number of unbranched alkanes of at least 4 members (excludes halogenated alkanes) is 1. The van der Waals surface area contributed by atoms with Crippen molar-refractivity contribution in [2.45, 2.75) is 12.8 Å². The predicted octanol–water partition coefficient (Wildman–Crippen LogP) is 2.03. The van der Waals surface area contributed by atoms with Gasteiger partial charge in [-0.1, -0.05) is 0 Å². The van der Waals surface area contributed by atoms with Crippen LogP contribution in [0.1, 0.15) is 23.2 Å². The SMILES string of the molecule is COc1c(F)c(F)cc(C(=O)OCCCCOS(C)(=O)=O)c1F. The van der Waals surface area contributed by atoms with E-state index in [4.69, 9.17) is 4.74 Å². The van der Waals surface area contributed by atoms with Gasteiger partial charge in [-0.05, 0) is 18.9 Å². The van der Waals surface area contributed by atoms with Crippen LogP contribution in [0.25, 0.3) is 0 Å². The standard InChI is InChI=1S/C13H15F3O6S/c1-20-12-10(15)8(7-9(14)11(12)16)13(17)21-5-3-4-6-22-23(2,18)19/h7H,3-6H2,1-2H3. The van der Waals surface area contributed by atoms with Gasteiger partial charge in [0.25, 0.3) is 10.1 Å². The number of ether oxygens (including phenoxy) is 2. The van der Waals surface area contributed by atoms with Crippen LogP contribution in [0.15, 0.2) is 6.07 Å². The van der Waals surface area contributed by atoms with Gasteiger partial charge in [0.05, 0.1) is 26.6 Å². The third kappa shape index (κ3) is 5.71. The molecule has 10 heteroatoms. The number of halogens is 3. The van der Waals surface area contributed by atoms with Crippen LogP contribution in [0.2, 0.25) is 0 Å². The average Bonchev–Trinajstić information content (AvgIpc) is 2.45. The molecule has 0 saturated heterocycles. The minimum atomic E-state index is -3.54. The highest BCUT2D eigenvalue weighted by Crippen LogP contribution is 2.27. The molecule has 0 aliphatic heterocycles. The molecule has 1 aromatic rings. The van der Waals surface area contributed by atoms with Gasteiger partial charge in [0, 0.05) is 0 Å². The quantitative estimate of drug-likeness (QED) is 0.307. The molecule has 0 heterocycles. The summed E-state index contributed by atoms with van der Waals surface area (Å²) in [4.78, 5) is 11.7. The first-order valence-electron chi connectivity index (χ1n) is 6.40. The lowest BCUT2D eigenvalue weighted by Gasteiger charge is -2.09. The molecule has 0 aliphatic carbocycles. The van der Waals surface area contributed by atoms with E-state index in [0.29, 0.717) is 6.07 Å². The van der Waals surface area contributed by atoms with Crippen molar-refractivity contribution in [2.75, 3.05) is 26.6 Å². The lowest BCUT2D eigenvalue weighted by atomic mass is 10.2. The second kappa shape index (κ2) is 8.16. The van der Waals surface area contributed by atoms with Gasteiger partial charge in [0.2, 0.25) is 5.82 Å². The molecule has 0 atom stereocenters. The number of esters is 1. The number of carbonyl (C=O) groups is 1. The van der Waals surface area contributed by atoms with Gasteiger partial charge in [-0.3, -0.25) is 4.18 Å². The second-order valence-electron chi connectivity index (χ2n) is 4.44. The molecule has 1 rings (SSSR count). The number of rotatable bonds is 8. The number of carbonyl (C=O) groups excluding carboxylic acids is 1. The maximum atomic E-state index is 13.8.